The molecule has 0 radical (unpaired) electrons. The summed E-state index contributed by atoms with van der Waals surface area (Å²) in [5, 5.41) is 2.77. The summed E-state index contributed by atoms with van der Waals surface area (Å²) >= 11 is 0. The van der Waals surface area contributed by atoms with Crippen molar-refractivity contribution >= 4 is 17.3 Å². The molecule has 4 nitrogen and oxygen atoms in total. The van der Waals surface area contributed by atoms with Gasteiger partial charge in [0.15, 0.2) is 0 Å². The van der Waals surface area contributed by atoms with Crippen LogP contribution in [0.5, 0.6) is 0 Å². The molecule has 0 spiro atoms. The van der Waals surface area contributed by atoms with Gasteiger partial charge in [-0.3, -0.25) is 4.79 Å². The molecule has 3 rings (SSSR count). The SMILES string of the molecule is CN(C)c1ccc(C(=O)Nc2cccc(C#Cc3ccccn3)c2)cc1F. The first-order chi connectivity index (χ1) is 13.0. The third-order valence-electron chi connectivity index (χ3n) is 3.81. The monoisotopic (exact) mass is 359 g/mol. The fourth-order valence-electron chi connectivity index (χ4n) is 2.46. The maximum atomic E-state index is 14.1. The van der Waals surface area contributed by atoms with Crippen molar-refractivity contribution in [3.63, 3.8) is 0 Å². The van der Waals surface area contributed by atoms with Crippen LogP contribution in [0.3, 0.4) is 0 Å². The Kier molecular flexibility index (Phi) is 5.48. The number of halogens is 1. The van der Waals surface area contributed by atoms with Gasteiger partial charge in [0.05, 0.1) is 5.69 Å². The van der Waals surface area contributed by atoms with E-state index in [1.165, 1.54) is 6.07 Å². The van der Waals surface area contributed by atoms with Crippen LogP contribution in [0, 0.1) is 17.7 Å². The van der Waals surface area contributed by atoms with Gasteiger partial charge in [-0.25, -0.2) is 9.37 Å². The van der Waals surface area contributed by atoms with E-state index < -0.39 is 5.82 Å². The molecule has 1 heterocycles. The minimum atomic E-state index is -0.442. The molecule has 0 atom stereocenters. The Bertz CT molecular complexity index is 1020. The Hall–Kier alpha value is -3.65. The van der Waals surface area contributed by atoms with Crippen LogP contribution in [0.2, 0.25) is 0 Å². The molecule has 0 aliphatic heterocycles. The second-order valence-corrected chi connectivity index (χ2v) is 6.06. The van der Waals surface area contributed by atoms with E-state index >= 15 is 0 Å². The van der Waals surface area contributed by atoms with E-state index in [4.69, 9.17) is 0 Å². The zero-order chi connectivity index (χ0) is 19.2. The fraction of sp³-hybridized carbons (Fsp3) is 0.0909. The smallest absolute Gasteiger partial charge is 0.255 e. The summed E-state index contributed by atoms with van der Waals surface area (Å²) < 4.78 is 14.1. The zero-order valence-corrected chi connectivity index (χ0v) is 15.0. The number of nitrogens with zero attached hydrogens (tertiary/aromatic N) is 2. The lowest BCUT2D eigenvalue weighted by Crippen LogP contribution is -2.14. The van der Waals surface area contributed by atoms with Crippen LogP contribution in [0.1, 0.15) is 21.6 Å². The first-order valence-corrected chi connectivity index (χ1v) is 8.34. The number of carbonyl (C=O) groups is 1. The lowest BCUT2D eigenvalue weighted by Gasteiger charge is -2.14. The van der Waals surface area contributed by atoms with Crippen LogP contribution in [0.15, 0.2) is 66.9 Å². The molecule has 0 fully saturated rings. The quantitative estimate of drug-likeness (QED) is 0.721. The molecular formula is C22H18FN3O. The van der Waals surface area contributed by atoms with Gasteiger partial charge in [-0.2, -0.15) is 0 Å². The summed E-state index contributed by atoms with van der Waals surface area (Å²) in [5.74, 6) is 5.16. The second kappa shape index (κ2) is 8.15. The molecule has 1 N–H and O–H groups in total. The molecule has 1 amide bonds. The van der Waals surface area contributed by atoms with Crippen LogP contribution in [0.4, 0.5) is 15.8 Å². The summed E-state index contributed by atoms with van der Waals surface area (Å²) in [6, 6.07) is 17.1. The Morgan fingerprint density at radius 3 is 2.59 bits per heavy atom. The van der Waals surface area contributed by atoms with Crippen LogP contribution >= 0.6 is 0 Å². The van der Waals surface area contributed by atoms with E-state index in [0.29, 0.717) is 17.1 Å². The standard InChI is InChI=1S/C22H18FN3O/c1-26(2)21-12-10-17(15-20(21)23)22(27)25-19-8-5-6-16(14-19)9-11-18-7-3-4-13-24-18/h3-8,10,12-15H,1-2H3,(H,25,27). The summed E-state index contributed by atoms with van der Waals surface area (Å²) in [4.78, 5) is 18.2. The highest BCUT2D eigenvalue weighted by Gasteiger charge is 2.11. The molecule has 1 aromatic heterocycles. The fourth-order valence-corrected chi connectivity index (χ4v) is 2.46. The lowest BCUT2D eigenvalue weighted by molar-refractivity contribution is 0.102. The number of hydrogen-bond donors (Lipinski definition) is 1. The average molecular weight is 359 g/mol. The molecular weight excluding hydrogens is 341 g/mol. The highest BCUT2D eigenvalue weighted by molar-refractivity contribution is 6.04. The number of nitrogens with one attached hydrogen (secondary N) is 1. The van der Waals surface area contributed by atoms with Crippen molar-refractivity contribution in [1.29, 1.82) is 0 Å². The zero-order valence-electron chi connectivity index (χ0n) is 15.0. The highest BCUT2D eigenvalue weighted by atomic mass is 19.1. The van der Waals surface area contributed by atoms with Gasteiger partial charge in [-0.15, -0.1) is 0 Å². The number of amides is 1. The van der Waals surface area contributed by atoms with E-state index in [1.807, 2.05) is 24.3 Å². The summed E-state index contributed by atoms with van der Waals surface area (Å²) in [6.07, 6.45) is 1.68. The van der Waals surface area contributed by atoms with Gasteiger partial charge in [-0.05, 0) is 54.5 Å². The van der Waals surface area contributed by atoms with Crippen molar-refractivity contribution < 1.29 is 9.18 Å². The molecule has 0 bridgehead atoms. The molecule has 134 valence electrons. The molecule has 5 heteroatoms. The topological polar surface area (TPSA) is 45.2 Å². The van der Waals surface area contributed by atoms with E-state index in [0.717, 1.165) is 5.56 Å². The molecule has 3 aromatic rings. The Morgan fingerprint density at radius 1 is 1.04 bits per heavy atom. The minimum absolute atomic E-state index is 0.253. The number of pyridine rings is 1. The predicted octanol–water partition coefficient (Wildman–Crippen LogP) is 3.94. The minimum Gasteiger partial charge on any atom is -0.375 e. The first-order valence-electron chi connectivity index (χ1n) is 8.34. The van der Waals surface area contributed by atoms with Crippen molar-refractivity contribution in [2.45, 2.75) is 0 Å². The van der Waals surface area contributed by atoms with Crippen molar-refractivity contribution in [2.75, 3.05) is 24.3 Å². The third-order valence-corrected chi connectivity index (χ3v) is 3.81. The van der Waals surface area contributed by atoms with Gasteiger partial charge >= 0.3 is 0 Å². The van der Waals surface area contributed by atoms with Gasteiger partial charge < -0.3 is 10.2 Å². The van der Waals surface area contributed by atoms with Crippen molar-refractivity contribution in [2.24, 2.45) is 0 Å². The summed E-state index contributed by atoms with van der Waals surface area (Å²) in [5.41, 5.74) is 2.68. The van der Waals surface area contributed by atoms with Crippen molar-refractivity contribution in [3.05, 3.63) is 89.5 Å². The van der Waals surface area contributed by atoms with Gasteiger partial charge in [0.2, 0.25) is 0 Å². The summed E-state index contributed by atoms with van der Waals surface area (Å²) in [7, 11) is 3.49. The van der Waals surface area contributed by atoms with Crippen LogP contribution in [0.25, 0.3) is 0 Å². The number of rotatable bonds is 3. The van der Waals surface area contributed by atoms with E-state index in [1.54, 1.807) is 55.5 Å². The second-order valence-electron chi connectivity index (χ2n) is 6.06. The number of aromatic nitrogens is 1. The molecule has 0 saturated carbocycles. The van der Waals surface area contributed by atoms with Crippen LogP contribution < -0.4 is 10.2 Å². The van der Waals surface area contributed by atoms with Gasteiger partial charge in [0.25, 0.3) is 5.91 Å². The van der Waals surface area contributed by atoms with E-state index in [2.05, 4.69) is 22.1 Å². The van der Waals surface area contributed by atoms with Crippen molar-refractivity contribution in [1.82, 2.24) is 4.98 Å². The maximum Gasteiger partial charge on any atom is 0.255 e. The van der Waals surface area contributed by atoms with E-state index in [9.17, 15) is 9.18 Å². The Labute approximate surface area is 157 Å². The third kappa shape index (κ3) is 4.71. The van der Waals surface area contributed by atoms with Crippen LogP contribution in [-0.2, 0) is 0 Å². The first kappa shape index (κ1) is 18.2. The number of carbonyl (C=O) groups excluding carboxylic acids is 1. The molecule has 0 aliphatic rings. The summed E-state index contributed by atoms with van der Waals surface area (Å²) in [6.45, 7) is 0. The van der Waals surface area contributed by atoms with Gasteiger partial charge in [0.1, 0.15) is 11.5 Å². The molecule has 2 aromatic carbocycles. The predicted molar refractivity (Wildman–Crippen MR) is 105 cm³/mol. The number of anilines is 2. The van der Waals surface area contributed by atoms with Gasteiger partial charge in [-0.1, -0.05) is 18.1 Å². The van der Waals surface area contributed by atoms with Crippen LogP contribution in [-0.4, -0.2) is 25.0 Å². The number of benzene rings is 2. The van der Waals surface area contributed by atoms with Crippen molar-refractivity contribution in [3.8, 4) is 11.8 Å². The maximum absolute atomic E-state index is 14.1. The highest BCUT2D eigenvalue weighted by Crippen LogP contribution is 2.19. The Morgan fingerprint density at radius 2 is 1.89 bits per heavy atom. The van der Waals surface area contributed by atoms with Gasteiger partial charge in [0, 0.05) is 37.1 Å². The average Bonchev–Trinajstić information content (AvgIpc) is 2.67. The largest absolute Gasteiger partial charge is 0.375 e. The molecule has 0 unspecified atom stereocenters. The number of hydrogen-bond acceptors (Lipinski definition) is 3. The Balaban J connectivity index is 1.75. The molecule has 0 saturated heterocycles. The normalized spacial score (nSPS) is 9.89. The lowest BCUT2D eigenvalue weighted by atomic mass is 10.1. The van der Waals surface area contributed by atoms with E-state index in [-0.39, 0.29) is 11.5 Å². The molecule has 0 aliphatic carbocycles. The molecule has 27 heavy (non-hydrogen) atoms.